The molecular formula is C17H30N4O8S. The third-order valence-corrected chi connectivity index (χ3v) is 6.68. The summed E-state index contributed by atoms with van der Waals surface area (Å²) in [4.78, 5) is 42.6. The molecule has 30 heavy (non-hydrogen) atoms. The standard InChI is InChI=1S/C7H11NO3.C5H10N2O.C5H9NO4S/c1-3-4(2)6(9)8-5(3)7(10)11;1-3-2-7-5(8)4(3)6;1-3-2-4(7)6-5(3)11(8,9)10/h3-5H,1-2H3,(H,8,9)(H,10,11);3-4H,2,6H2,1H3,(H,7,8);3,5H,2H2,1H3,(H,6,7)(H,8,9,10). The molecule has 7 N–H and O–H groups in total. The molecule has 3 heterocycles. The maximum Gasteiger partial charge on any atom is 0.326 e. The summed E-state index contributed by atoms with van der Waals surface area (Å²) < 4.78 is 29.6. The lowest BCUT2D eigenvalue weighted by Crippen LogP contribution is -2.35. The van der Waals surface area contributed by atoms with Crippen molar-refractivity contribution in [2.75, 3.05) is 6.54 Å². The molecular weight excluding hydrogens is 420 g/mol. The number of carbonyl (C=O) groups is 4. The Morgan fingerprint density at radius 2 is 1.60 bits per heavy atom. The predicted octanol–water partition coefficient (Wildman–Crippen LogP) is -1.72. The van der Waals surface area contributed by atoms with E-state index < -0.39 is 27.5 Å². The second kappa shape index (κ2) is 10.2. The van der Waals surface area contributed by atoms with Gasteiger partial charge in [-0.2, -0.15) is 8.42 Å². The topological polar surface area (TPSA) is 205 Å². The zero-order valence-corrected chi connectivity index (χ0v) is 18.1. The molecule has 0 radical (unpaired) electrons. The van der Waals surface area contributed by atoms with Crippen LogP contribution in [-0.4, -0.2) is 65.8 Å². The van der Waals surface area contributed by atoms with Crippen molar-refractivity contribution in [3.8, 4) is 0 Å². The molecule has 0 aromatic carbocycles. The minimum Gasteiger partial charge on any atom is -0.480 e. The first-order valence-corrected chi connectivity index (χ1v) is 11.0. The Balaban J connectivity index is 0.000000228. The Morgan fingerprint density at radius 1 is 1.03 bits per heavy atom. The number of carbonyl (C=O) groups excluding carboxylic acids is 3. The Labute approximate surface area is 175 Å². The molecule has 3 aliphatic rings. The predicted molar refractivity (Wildman–Crippen MR) is 105 cm³/mol. The molecule has 0 spiro atoms. The summed E-state index contributed by atoms with van der Waals surface area (Å²) in [7, 11) is -4.12. The number of carboxylic acids is 1. The van der Waals surface area contributed by atoms with Gasteiger partial charge in [0.05, 0.1) is 6.04 Å². The Kier molecular flexibility index (Phi) is 8.75. The smallest absolute Gasteiger partial charge is 0.326 e. The molecule has 0 aromatic heterocycles. The van der Waals surface area contributed by atoms with Crippen LogP contribution in [0.2, 0.25) is 0 Å². The molecule has 12 nitrogen and oxygen atoms in total. The molecule has 3 amide bonds. The first-order chi connectivity index (χ1) is 13.7. The van der Waals surface area contributed by atoms with Crippen LogP contribution >= 0.6 is 0 Å². The van der Waals surface area contributed by atoms with E-state index in [4.69, 9.17) is 15.4 Å². The summed E-state index contributed by atoms with van der Waals surface area (Å²) in [5.41, 5.74) is 5.41. The molecule has 0 bridgehead atoms. The summed E-state index contributed by atoms with van der Waals surface area (Å²) >= 11 is 0. The number of carboxylic acid groups (broad SMARTS) is 1. The van der Waals surface area contributed by atoms with E-state index in [0.717, 1.165) is 6.54 Å². The van der Waals surface area contributed by atoms with Crippen molar-refractivity contribution in [3.63, 3.8) is 0 Å². The van der Waals surface area contributed by atoms with E-state index >= 15 is 0 Å². The molecule has 0 aromatic rings. The van der Waals surface area contributed by atoms with E-state index in [1.807, 2.05) is 6.92 Å². The SMILES string of the molecule is CC1C(=O)NC(C(=O)O)C1C.CC1CC(=O)NC1S(=O)(=O)O.CC1CNC(=O)C1N. The van der Waals surface area contributed by atoms with E-state index in [-0.39, 0.29) is 47.9 Å². The van der Waals surface area contributed by atoms with E-state index in [0.29, 0.717) is 5.92 Å². The van der Waals surface area contributed by atoms with E-state index in [1.54, 1.807) is 20.8 Å². The van der Waals surface area contributed by atoms with Crippen LogP contribution in [0, 0.1) is 23.7 Å². The van der Waals surface area contributed by atoms with Gasteiger partial charge in [0.25, 0.3) is 10.1 Å². The highest BCUT2D eigenvalue weighted by atomic mass is 32.2. The molecule has 0 saturated carbocycles. The average Bonchev–Trinajstić information content (AvgIpc) is 3.22. The van der Waals surface area contributed by atoms with Crippen LogP contribution in [0.5, 0.6) is 0 Å². The van der Waals surface area contributed by atoms with Crippen molar-refractivity contribution < 1.29 is 37.3 Å². The monoisotopic (exact) mass is 450 g/mol. The normalized spacial score (nSPS) is 35.3. The van der Waals surface area contributed by atoms with Crippen LogP contribution in [0.3, 0.4) is 0 Å². The van der Waals surface area contributed by atoms with Crippen LogP contribution in [-0.2, 0) is 29.3 Å². The Morgan fingerprint density at radius 3 is 1.77 bits per heavy atom. The molecule has 3 aliphatic heterocycles. The van der Waals surface area contributed by atoms with Gasteiger partial charge >= 0.3 is 5.97 Å². The summed E-state index contributed by atoms with van der Waals surface area (Å²) in [5.74, 6) is -1.80. The number of nitrogens with two attached hydrogens (primary N) is 1. The van der Waals surface area contributed by atoms with Crippen molar-refractivity contribution in [2.24, 2.45) is 29.4 Å². The van der Waals surface area contributed by atoms with Gasteiger partial charge in [-0.15, -0.1) is 0 Å². The number of rotatable bonds is 2. The zero-order valence-electron chi connectivity index (χ0n) is 17.3. The second-order valence-electron chi connectivity index (χ2n) is 7.91. The molecule has 0 aliphatic carbocycles. The molecule has 3 fully saturated rings. The largest absolute Gasteiger partial charge is 0.480 e. The highest BCUT2D eigenvalue weighted by molar-refractivity contribution is 7.86. The van der Waals surface area contributed by atoms with Gasteiger partial charge in [-0.05, 0) is 11.8 Å². The molecule has 172 valence electrons. The highest BCUT2D eigenvalue weighted by Gasteiger charge is 2.40. The summed E-state index contributed by atoms with van der Waals surface area (Å²) in [5, 5.41) is 14.7. The lowest BCUT2D eigenvalue weighted by Gasteiger charge is -2.10. The maximum absolute atomic E-state index is 10.9. The third-order valence-electron chi connectivity index (χ3n) is 5.45. The van der Waals surface area contributed by atoms with Crippen molar-refractivity contribution in [1.82, 2.24) is 16.0 Å². The van der Waals surface area contributed by atoms with Gasteiger partial charge in [-0.3, -0.25) is 18.9 Å². The summed E-state index contributed by atoms with van der Waals surface area (Å²) in [6.45, 7) is 7.79. The molecule has 7 unspecified atom stereocenters. The lowest BCUT2D eigenvalue weighted by atomic mass is 9.94. The Bertz CT molecular complexity index is 787. The zero-order chi connectivity index (χ0) is 23.4. The van der Waals surface area contributed by atoms with Gasteiger partial charge < -0.3 is 26.8 Å². The van der Waals surface area contributed by atoms with Crippen LogP contribution in [0.4, 0.5) is 0 Å². The number of aliphatic carboxylic acids is 1. The molecule has 3 rings (SSSR count). The van der Waals surface area contributed by atoms with Crippen LogP contribution in [0.25, 0.3) is 0 Å². The molecule has 3 saturated heterocycles. The van der Waals surface area contributed by atoms with E-state index in [2.05, 4.69) is 16.0 Å². The van der Waals surface area contributed by atoms with Crippen LogP contribution in [0.1, 0.15) is 34.1 Å². The summed E-state index contributed by atoms with van der Waals surface area (Å²) in [6.07, 6.45) is 0.157. The van der Waals surface area contributed by atoms with Gasteiger partial charge in [0.15, 0.2) is 5.37 Å². The highest BCUT2D eigenvalue weighted by Crippen LogP contribution is 2.22. The van der Waals surface area contributed by atoms with Crippen molar-refractivity contribution >= 4 is 33.8 Å². The fourth-order valence-corrected chi connectivity index (χ4v) is 4.09. The van der Waals surface area contributed by atoms with Crippen molar-refractivity contribution in [1.29, 1.82) is 0 Å². The average molecular weight is 451 g/mol. The minimum absolute atomic E-state index is 0.0162. The van der Waals surface area contributed by atoms with Gasteiger partial charge in [-0.25, -0.2) is 4.79 Å². The fourth-order valence-electron chi connectivity index (χ4n) is 3.12. The summed E-state index contributed by atoms with van der Waals surface area (Å²) in [6, 6.07) is -0.965. The first-order valence-electron chi connectivity index (χ1n) is 9.48. The van der Waals surface area contributed by atoms with Gasteiger partial charge in [0.2, 0.25) is 17.7 Å². The number of amides is 3. The third kappa shape index (κ3) is 6.64. The fraction of sp³-hybridized carbons (Fsp3) is 0.765. The molecule has 7 atom stereocenters. The van der Waals surface area contributed by atoms with Gasteiger partial charge in [-0.1, -0.05) is 27.7 Å². The molecule has 13 heteroatoms. The van der Waals surface area contributed by atoms with Crippen LogP contribution in [0.15, 0.2) is 0 Å². The van der Waals surface area contributed by atoms with Gasteiger partial charge in [0.1, 0.15) is 6.04 Å². The van der Waals surface area contributed by atoms with Gasteiger partial charge in [0, 0.05) is 24.8 Å². The number of hydrogen-bond donors (Lipinski definition) is 6. The van der Waals surface area contributed by atoms with E-state index in [9.17, 15) is 27.6 Å². The van der Waals surface area contributed by atoms with E-state index in [1.165, 1.54) is 0 Å². The lowest BCUT2D eigenvalue weighted by molar-refractivity contribution is -0.140. The number of nitrogens with one attached hydrogen (secondary N) is 3. The van der Waals surface area contributed by atoms with Crippen LogP contribution < -0.4 is 21.7 Å². The van der Waals surface area contributed by atoms with Crippen molar-refractivity contribution in [2.45, 2.75) is 51.6 Å². The second-order valence-corrected chi connectivity index (χ2v) is 9.44. The number of hydrogen-bond acceptors (Lipinski definition) is 7. The Hall–Kier alpha value is -2.25. The van der Waals surface area contributed by atoms with Crippen molar-refractivity contribution in [3.05, 3.63) is 0 Å². The maximum atomic E-state index is 10.9. The quantitative estimate of drug-likeness (QED) is 0.264. The first kappa shape index (κ1) is 25.8. The minimum atomic E-state index is -4.12.